The highest BCUT2D eigenvalue weighted by Gasteiger charge is 1.99. The number of carbonyl (C=O) groups is 1. The Morgan fingerprint density at radius 3 is 2.19 bits per heavy atom. The first-order valence-corrected chi connectivity index (χ1v) is 7.85. The van der Waals surface area contributed by atoms with E-state index in [4.69, 9.17) is 4.52 Å². The van der Waals surface area contributed by atoms with Crippen LogP contribution in [0.4, 0.5) is 0 Å². The minimum Gasteiger partial charge on any atom is -0.448 e. The van der Waals surface area contributed by atoms with Crippen LogP contribution in [0.15, 0.2) is 0 Å². The maximum atomic E-state index is 11.0. The predicted molar refractivity (Wildman–Crippen MR) is 72.2 cm³/mol. The molecule has 0 heterocycles. The zero-order chi connectivity index (χ0) is 12.1. The van der Waals surface area contributed by atoms with Crippen LogP contribution in [0.2, 0.25) is 0 Å². The second-order valence-corrected chi connectivity index (χ2v) is 5.23. The van der Waals surface area contributed by atoms with Gasteiger partial charge in [0.05, 0.1) is 8.81 Å². The van der Waals surface area contributed by atoms with E-state index < -0.39 is 0 Å². The van der Waals surface area contributed by atoms with Gasteiger partial charge in [-0.2, -0.15) is 0 Å². The average molecular weight is 246 g/mol. The SMILES string of the molecule is CCCCCCCCCPOC(=O)CCC. The van der Waals surface area contributed by atoms with E-state index in [0.717, 1.165) is 12.6 Å². The van der Waals surface area contributed by atoms with Gasteiger partial charge in [0, 0.05) is 12.6 Å². The van der Waals surface area contributed by atoms with E-state index in [9.17, 15) is 4.79 Å². The van der Waals surface area contributed by atoms with E-state index in [-0.39, 0.29) is 5.97 Å². The lowest BCUT2D eigenvalue weighted by Gasteiger charge is -2.03. The minimum absolute atomic E-state index is 0.0243. The molecule has 0 aromatic carbocycles. The highest BCUT2D eigenvalue weighted by atomic mass is 31.1. The molecule has 0 amide bonds. The standard InChI is InChI=1S/C13H27O2P/c1-3-5-6-7-8-9-10-12-16-15-13(14)11-4-2/h16H,3-12H2,1-2H3. The summed E-state index contributed by atoms with van der Waals surface area (Å²) in [6.45, 7) is 4.24. The predicted octanol–water partition coefficient (Wildman–Crippen LogP) is 4.67. The molecule has 0 aliphatic rings. The van der Waals surface area contributed by atoms with Crippen molar-refractivity contribution in [2.45, 2.75) is 71.6 Å². The fourth-order valence-electron chi connectivity index (χ4n) is 1.54. The maximum absolute atomic E-state index is 11.0. The third-order valence-corrected chi connectivity index (χ3v) is 3.45. The molecule has 0 aliphatic carbocycles. The van der Waals surface area contributed by atoms with Crippen molar-refractivity contribution in [2.24, 2.45) is 0 Å². The Labute approximate surface area is 102 Å². The first-order valence-electron chi connectivity index (χ1n) is 6.73. The maximum Gasteiger partial charge on any atom is 0.308 e. The normalized spacial score (nSPS) is 11.1. The number of rotatable bonds is 11. The van der Waals surface area contributed by atoms with E-state index in [0.29, 0.717) is 15.2 Å². The summed E-state index contributed by atoms with van der Waals surface area (Å²) in [5.41, 5.74) is 0. The van der Waals surface area contributed by atoms with Crippen molar-refractivity contribution in [3.8, 4) is 0 Å². The van der Waals surface area contributed by atoms with Crippen LogP contribution < -0.4 is 0 Å². The van der Waals surface area contributed by atoms with Crippen LogP contribution in [-0.4, -0.2) is 12.1 Å². The quantitative estimate of drug-likeness (QED) is 0.391. The van der Waals surface area contributed by atoms with Gasteiger partial charge >= 0.3 is 5.97 Å². The van der Waals surface area contributed by atoms with Crippen molar-refractivity contribution in [2.75, 3.05) is 6.16 Å². The molecule has 0 aliphatic heterocycles. The van der Waals surface area contributed by atoms with Crippen LogP contribution in [0.3, 0.4) is 0 Å². The van der Waals surface area contributed by atoms with Crippen LogP contribution in [-0.2, 0) is 9.32 Å². The first kappa shape index (κ1) is 15.9. The van der Waals surface area contributed by atoms with Gasteiger partial charge in [-0.25, -0.2) is 0 Å². The van der Waals surface area contributed by atoms with Crippen molar-refractivity contribution in [1.82, 2.24) is 0 Å². The Balaban J connectivity index is 3.01. The molecule has 0 spiro atoms. The summed E-state index contributed by atoms with van der Waals surface area (Å²) in [6, 6.07) is 0. The number of carbonyl (C=O) groups excluding carboxylic acids is 1. The summed E-state index contributed by atoms with van der Waals surface area (Å²) in [7, 11) is 0.385. The highest BCUT2D eigenvalue weighted by molar-refractivity contribution is 7.32. The molecule has 96 valence electrons. The molecule has 1 unspecified atom stereocenters. The van der Waals surface area contributed by atoms with Crippen LogP contribution >= 0.6 is 8.81 Å². The first-order chi connectivity index (χ1) is 7.81. The fraction of sp³-hybridized carbons (Fsp3) is 0.923. The van der Waals surface area contributed by atoms with Crippen LogP contribution in [0.5, 0.6) is 0 Å². The smallest absolute Gasteiger partial charge is 0.308 e. The summed E-state index contributed by atoms with van der Waals surface area (Å²) in [5, 5.41) is 0. The summed E-state index contributed by atoms with van der Waals surface area (Å²) in [6.07, 6.45) is 11.8. The van der Waals surface area contributed by atoms with Gasteiger partial charge in [0.2, 0.25) is 0 Å². The molecule has 0 N–H and O–H groups in total. The van der Waals surface area contributed by atoms with Crippen molar-refractivity contribution in [3.05, 3.63) is 0 Å². The second kappa shape index (κ2) is 13.0. The molecule has 0 rings (SSSR count). The Kier molecular flexibility index (Phi) is 12.9. The Morgan fingerprint density at radius 1 is 0.938 bits per heavy atom. The molecule has 3 heteroatoms. The number of hydrogen-bond donors (Lipinski definition) is 0. The average Bonchev–Trinajstić information content (AvgIpc) is 2.27. The molecule has 0 fully saturated rings. The molecule has 0 radical (unpaired) electrons. The van der Waals surface area contributed by atoms with Gasteiger partial charge in [-0.1, -0.05) is 52.4 Å². The van der Waals surface area contributed by atoms with Crippen LogP contribution in [0.1, 0.15) is 71.6 Å². The second-order valence-electron chi connectivity index (χ2n) is 4.24. The molecule has 0 aromatic rings. The molecular formula is C13H27O2P. The molecule has 16 heavy (non-hydrogen) atoms. The summed E-state index contributed by atoms with van der Waals surface area (Å²) in [4.78, 5) is 11.0. The molecule has 2 nitrogen and oxygen atoms in total. The van der Waals surface area contributed by atoms with E-state index in [1.807, 2.05) is 6.92 Å². The van der Waals surface area contributed by atoms with Crippen LogP contribution in [0, 0.1) is 0 Å². The van der Waals surface area contributed by atoms with Gasteiger partial charge in [-0.3, -0.25) is 4.79 Å². The lowest BCUT2D eigenvalue weighted by Crippen LogP contribution is -1.96. The molecular weight excluding hydrogens is 219 g/mol. The monoisotopic (exact) mass is 246 g/mol. The highest BCUT2D eigenvalue weighted by Crippen LogP contribution is 2.17. The molecule has 0 saturated carbocycles. The fourth-order valence-corrected chi connectivity index (χ4v) is 2.30. The van der Waals surface area contributed by atoms with Gasteiger partial charge < -0.3 is 4.52 Å². The molecule has 0 aromatic heterocycles. The van der Waals surface area contributed by atoms with E-state index in [1.54, 1.807) is 0 Å². The largest absolute Gasteiger partial charge is 0.448 e. The zero-order valence-corrected chi connectivity index (χ0v) is 11.9. The minimum atomic E-state index is -0.0243. The Morgan fingerprint density at radius 2 is 1.56 bits per heavy atom. The van der Waals surface area contributed by atoms with Gasteiger partial charge in [-0.05, 0) is 12.8 Å². The summed E-state index contributed by atoms with van der Waals surface area (Å²) < 4.78 is 5.12. The number of unbranched alkanes of at least 4 members (excludes halogenated alkanes) is 6. The molecule has 1 atom stereocenters. The van der Waals surface area contributed by atoms with E-state index >= 15 is 0 Å². The molecule has 0 bridgehead atoms. The topological polar surface area (TPSA) is 26.3 Å². The zero-order valence-electron chi connectivity index (χ0n) is 10.9. The van der Waals surface area contributed by atoms with Crippen molar-refractivity contribution in [1.29, 1.82) is 0 Å². The van der Waals surface area contributed by atoms with Crippen molar-refractivity contribution < 1.29 is 9.32 Å². The lowest BCUT2D eigenvalue weighted by atomic mass is 10.1. The Bertz CT molecular complexity index is 160. The van der Waals surface area contributed by atoms with Crippen LogP contribution in [0.25, 0.3) is 0 Å². The third-order valence-electron chi connectivity index (χ3n) is 2.52. The van der Waals surface area contributed by atoms with Gasteiger partial charge in [0.25, 0.3) is 0 Å². The van der Waals surface area contributed by atoms with E-state index in [1.165, 1.54) is 44.9 Å². The van der Waals surface area contributed by atoms with Gasteiger partial charge in [-0.15, -0.1) is 0 Å². The summed E-state index contributed by atoms with van der Waals surface area (Å²) >= 11 is 0. The third kappa shape index (κ3) is 12.0. The molecule has 0 saturated heterocycles. The number of hydrogen-bond acceptors (Lipinski definition) is 2. The van der Waals surface area contributed by atoms with Gasteiger partial charge in [0.1, 0.15) is 0 Å². The Hall–Kier alpha value is -0.100. The van der Waals surface area contributed by atoms with E-state index in [2.05, 4.69) is 6.92 Å². The van der Waals surface area contributed by atoms with Gasteiger partial charge in [0.15, 0.2) is 0 Å². The summed E-state index contributed by atoms with van der Waals surface area (Å²) in [5.74, 6) is -0.0243. The van der Waals surface area contributed by atoms with Crippen molar-refractivity contribution >= 4 is 14.8 Å². The van der Waals surface area contributed by atoms with Crippen molar-refractivity contribution in [3.63, 3.8) is 0 Å². The lowest BCUT2D eigenvalue weighted by molar-refractivity contribution is -0.133.